The topological polar surface area (TPSA) is 9.23 Å². The summed E-state index contributed by atoms with van der Waals surface area (Å²) >= 11 is 3.28. The van der Waals surface area contributed by atoms with E-state index in [2.05, 4.69) is 41.5 Å². The van der Waals surface area contributed by atoms with Crippen LogP contribution in [0.5, 0.6) is 0 Å². The second-order valence-corrected chi connectivity index (χ2v) is 9.05. The van der Waals surface area contributed by atoms with E-state index in [0.29, 0.717) is 0 Å². The van der Waals surface area contributed by atoms with Gasteiger partial charge in [0.25, 0.3) is 0 Å². The highest BCUT2D eigenvalue weighted by molar-refractivity contribution is 8.09. The van der Waals surface area contributed by atoms with Crippen molar-refractivity contribution >= 4 is 24.1 Å². The predicted molar refractivity (Wildman–Crippen MR) is 83.5 cm³/mol. The fourth-order valence-electron chi connectivity index (χ4n) is 1.49. The Kier molecular flexibility index (Phi) is 9.05. The molecule has 0 atom stereocenters. The molecule has 0 rings (SSSR count). The van der Waals surface area contributed by atoms with Gasteiger partial charge in [-0.05, 0) is 40.5 Å². The van der Waals surface area contributed by atoms with Gasteiger partial charge < -0.3 is 0 Å². The Balaban J connectivity index is 3.80. The van der Waals surface area contributed by atoms with Crippen LogP contribution >= 0.6 is 24.1 Å². The number of hydrogen-bond acceptors (Lipinski definition) is 3. The average molecular weight is 279 g/mol. The summed E-state index contributed by atoms with van der Waals surface area (Å²) in [7, 11) is 0. The van der Waals surface area contributed by atoms with E-state index in [9.17, 15) is 0 Å². The van der Waals surface area contributed by atoms with Crippen LogP contribution in [-0.2, 0) is 3.63 Å². The maximum absolute atomic E-state index is 5.79. The van der Waals surface area contributed by atoms with Gasteiger partial charge in [-0.15, -0.1) is 0 Å². The Morgan fingerprint density at radius 3 is 1.41 bits per heavy atom. The molecule has 0 aromatic rings. The van der Waals surface area contributed by atoms with Crippen LogP contribution < -0.4 is 0 Å². The van der Waals surface area contributed by atoms with Gasteiger partial charge in [-0.25, -0.2) is 3.63 Å². The highest BCUT2D eigenvalue weighted by Crippen LogP contribution is 2.39. The summed E-state index contributed by atoms with van der Waals surface area (Å²) < 4.78 is 6.27. The molecule has 0 bridgehead atoms. The number of unbranched alkanes of at least 4 members (excludes halogenated alkanes) is 2. The first-order chi connectivity index (χ1) is 7.83. The molecule has 3 heteroatoms. The lowest BCUT2D eigenvalue weighted by Crippen LogP contribution is -2.17. The van der Waals surface area contributed by atoms with Crippen LogP contribution in [0.3, 0.4) is 0 Å². The van der Waals surface area contributed by atoms with Crippen LogP contribution in [0.1, 0.15) is 80.1 Å². The summed E-state index contributed by atoms with van der Waals surface area (Å²) in [6.07, 6.45) is 7.55. The van der Waals surface area contributed by atoms with Crippen molar-refractivity contribution in [1.29, 1.82) is 0 Å². The van der Waals surface area contributed by atoms with E-state index >= 15 is 0 Å². The maximum Gasteiger partial charge on any atom is 0.0379 e. The Bertz CT molecular complexity index is 171. The van der Waals surface area contributed by atoms with Crippen molar-refractivity contribution < 1.29 is 3.63 Å². The molecule has 0 aliphatic heterocycles. The molecule has 0 saturated carbocycles. The molecule has 0 aromatic heterocycles. The minimum Gasteiger partial charge on any atom is -0.246 e. The molecule has 0 amide bonds. The van der Waals surface area contributed by atoms with Gasteiger partial charge in [-0.1, -0.05) is 39.5 Å². The molecular formula is C14H30OS2. The van der Waals surface area contributed by atoms with Crippen molar-refractivity contribution in [3.63, 3.8) is 0 Å². The third-order valence-corrected chi connectivity index (χ3v) is 4.64. The van der Waals surface area contributed by atoms with Gasteiger partial charge in [0.05, 0.1) is 0 Å². The molecule has 0 saturated heterocycles. The standard InChI is InChI=1S/C14H30OS2/c1-7-9-11-13(3,4)16-15-17-14(5,6)12-10-8-2/h7-12H2,1-6H3. The summed E-state index contributed by atoms with van der Waals surface area (Å²) in [5.41, 5.74) is 0. The van der Waals surface area contributed by atoms with Crippen molar-refractivity contribution in [2.75, 3.05) is 0 Å². The van der Waals surface area contributed by atoms with E-state index in [4.69, 9.17) is 3.63 Å². The minimum atomic E-state index is 0.240. The zero-order valence-corrected chi connectivity index (χ0v) is 14.1. The summed E-state index contributed by atoms with van der Waals surface area (Å²) in [6, 6.07) is 0. The van der Waals surface area contributed by atoms with Gasteiger partial charge in [0.2, 0.25) is 0 Å². The van der Waals surface area contributed by atoms with Crippen LogP contribution in [0.2, 0.25) is 0 Å². The van der Waals surface area contributed by atoms with Gasteiger partial charge in [0, 0.05) is 33.6 Å². The van der Waals surface area contributed by atoms with Crippen molar-refractivity contribution in [2.45, 2.75) is 89.6 Å². The fourth-order valence-corrected chi connectivity index (χ4v) is 3.55. The molecule has 0 heterocycles. The van der Waals surface area contributed by atoms with Crippen molar-refractivity contribution in [2.24, 2.45) is 0 Å². The molecular weight excluding hydrogens is 248 g/mol. The van der Waals surface area contributed by atoms with Crippen LogP contribution in [0.25, 0.3) is 0 Å². The third-order valence-electron chi connectivity index (χ3n) is 2.78. The monoisotopic (exact) mass is 278 g/mol. The smallest absolute Gasteiger partial charge is 0.0379 e. The van der Waals surface area contributed by atoms with Gasteiger partial charge in [-0.3, -0.25) is 0 Å². The van der Waals surface area contributed by atoms with Crippen molar-refractivity contribution in [3.8, 4) is 0 Å². The fraction of sp³-hybridized carbons (Fsp3) is 1.00. The highest BCUT2D eigenvalue weighted by Gasteiger charge is 2.23. The summed E-state index contributed by atoms with van der Waals surface area (Å²) in [5.74, 6) is 0. The first-order valence-corrected chi connectivity index (χ1v) is 8.35. The predicted octanol–water partition coefficient (Wildman–Crippen LogP) is 6.24. The zero-order valence-electron chi connectivity index (χ0n) is 12.5. The number of hydrogen-bond donors (Lipinski definition) is 0. The first kappa shape index (κ1) is 17.7. The SMILES string of the molecule is CCCCC(C)(C)SOSC(C)(C)CCCC. The molecule has 104 valence electrons. The van der Waals surface area contributed by atoms with E-state index in [0.717, 1.165) is 0 Å². The molecule has 0 radical (unpaired) electrons. The van der Waals surface area contributed by atoms with Crippen LogP contribution in [-0.4, -0.2) is 9.49 Å². The lowest BCUT2D eigenvalue weighted by Gasteiger charge is -2.26. The minimum absolute atomic E-state index is 0.240. The second-order valence-electron chi connectivity index (χ2n) is 5.96. The largest absolute Gasteiger partial charge is 0.246 e. The highest BCUT2D eigenvalue weighted by atomic mass is 32.2. The van der Waals surface area contributed by atoms with Crippen LogP contribution in [0.15, 0.2) is 0 Å². The quantitative estimate of drug-likeness (QED) is 0.438. The van der Waals surface area contributed by atoms with Gasteiger partial charge in [0.1, 0.15) is 0 Å². The third kappa shape index (κ3) is 10.3. The normalized spacial score (nSPS) is 13.1. The van der Waals surface area contributed by atoms with E-state index in [1.54, 1.807) is 24.1 Å². The molecule has 0 aliphatic rings. The Hall–Kier alpha value is 0.660. The summed E-state index contributed by atoms with van der Waals surface area (Å²) in [6.45, 7) is 13.6. The Labute approximate surface area is 117 Å². The second kappa shape index (κ2) is 8.71. The van der Waals surface area contributed by atoms with E-state index in [1.807, 2.05) is 0 Å². The van der Waals surface area contributed by atoms with Gasteiger partial charge in [-0.2, -0.15) is 0 Å². The molecule has 0 aliphatic carbocycles. The molecule has 0 aromatic carbocycles. The van der Waals surface area contributed by atoms with E-state index in [-0.39, 0.29) is 9.49 Å². The van der Waals surface area contributed by atoms with E-state index < -0.39 is 0 Å². The van der Waals surface area contributed by atoms with Crippen molar-refractivity contribution in [1.82, 2.24) is 0 Å². The van der Waals surface area contributed by atoms with Gasteiger partial charge >= 0.3 is 0 Å². The molecule has 17 heavy (non-hydrogen) atoms. The Morgan fingerprint density at radius 2 is 1.12 bits per heavy atom. The maximum atomic E-state index is 5.79. The molecule has 1 nitrogen and oxygen atoms in total. The molecule has 0 N–H and O–H groups in total. The lowest BCUT2D eigenvalue weighted by molar-refractivity contribution is 0.549. The summed E-state index contributed by atoms with van der Waals surface area (Å²) in [5, 5.41) is 0. The van der Waals surface area contributed by atoms with Crippen LogP contribution in [0, 0.1) is 0 Å². The van der Waals surface area contributed by atoms with E-state index in [1.165, 1.54) is 38.5 Å². The molecule has 0 fully saturated rings. The average Bonchev–Trinajstić information content (AvgIpc) is 2.23. The lowest BCUT2D eigenvalue weighted by atomic mass is 10.1. The summed E-state index contributed by atoms with van der Waals surface area (Å²) in [4.78, 5) is 0. The molecule has 0 unspecified atom stereocenters. The van der Waals surface area contributed by atoms with Crippen molar-refractivity contribution in [3.05, 3.63) is 0 Å². The van der Waals surface area contributed by atoms with Gasteiger partial charge in [0.15, 0.2) is 0 Å². The molecule has 0 spiro atoms. The zero-order chi connectivity index (χ0) is 13.4. The first-order valence-electron chi connectivity index (χ1n) is 6.86. The Morgan fingerprint density at radius 1 is 0.765 bits per heavy atom. The number of rotatable bonds is 10. The van der Waals surface area contributed by atoms with Crippen LogP contribution in [0.4, 0.5) is 0 Å².